The third-order valence-electron chi connectivity index (χ3n) is 5.17. The Kier molecular flexibility index (Phi) is 6.49. The summed E-state index contributed by atoms with van der Waals surface area (Å²) in [4.78, 5) is 27.2. The zero-order valence-electron chi connectivity index (χ0n) is 17.4. The van der Waals surface area contributed by atoms with Crippen molar-refractivity contribution in [2.24, 2.45) is 0 Å². The molecule has 5 nitrogen and oxygen atoms in total. The van der Waals surface area contributed by atoms with Crippen molar-refractivity contribution in [1.29, 1.82) is 0 Å². The number of likely N-dealkylation sites (N-methyl/N-ethyl adjacent to an activating group) is 1. The van der Waals surface area contributed by atoms with Crippen LogP contribution < -0.4 is 5.32 Å². The second-order valence-electron chi connectivity index (χ2n) is 7.48. The van der Waals surface area contributed by atoms with E-state index in [2.05, 4.69) is 9.88 Å². The van der Waals surface area contributed by atoms with E-state index in [9.17, 15) is 9.59 Å². The van der Waals surface area contributed by atoms with Crippen LogP contribution in [0.5, 0.6) is 0 Å². The van der Waals surface area contributed by atoms with Gasteiger partial charge in [0.1, 0.15) is 0 Å². The van der Waals surface area contributed by atoms with Gasteiger partial charge in [-0.15, -0.1) is 0 Å². The van der Waals surface area contributed by atoms with Crippen molar-refractivity contribution >= 4 is 51.6 Å². The van der Waals surface area contributed by atoms with Crippen LogP contribution in [0.1, 0.15) is 15.9 Å². The Labute approximate surface area is 196 Å². The summed E-state index contributed by atoms with van der Waals surface area (Å²) in [6.45, 7) is 0.502. The largest absolute Gasteiger partial charge is 0.342 e. The van der Waals surface area contributed by atoms with Crippen LogP contribution in [0, 0.1) is 0 Å². The van der Waals surface area contributed by atoms with Crippen LogP contribution in [-0.2, 0) is 11.3 Å². The molecule has 0 fully saturated rings. The van der Waals surface area contributed by atoms with Gasteiger partial charge in [0, 0.05) is 30.7 Å². The summed E-state index contributed by atoms with van der Waals surface area (Å²) >= 11 is 12.2. The predicted octanol–water partition coefficient (Wildman–Crippen LogP) is 5.71. The zero-order valence-corrected chi connectivity index (χ0v) is 18.9. The molecule has 1 heterocycles. The molecule has 0 saturated heterocycles. The highest BCUT2D eigenvalue weighted by Gasteiger charge is 2.21. The smallest absolute Gasteiger partial charge is 0.256 e. The van der Waals surface area contributed by atoms with Gasteiger partial charge in [0.2, 0.25) is 5.91 Å². The molecule has 0 unspecified atom stereocenters. The van der Waals surface area contributed by atoms with E-state index in [0.717, 1.165) is 16.5 Å². The van der Waals surface area contributed by atoms with Crippen molar-refractivity contribution in [3.05, 3.63) is 100 Å². The standard InChI is InChI=1S/C25H21Cl2N3O2/c1-29(16-23(31)28-24-20(26)11-7-12-21(24)27)25(32)19-15-30(14-17-8-3-2-4-9-17)22-13-6-5-10-18(19)22/h2-13,15H,14,16H2,1H3,(H,28,31). The van der Waals surface area contributed by atoms with Crippen molar-refractivity contribution in [2.75, 3.05) is 18.9 Å². The molecule has 2 amide bonds. The lowest BCUT2D eigenvalue weighted by Gasteiger charge is -2.17. The molecule has 1 N–H and O–H groups in total. The molecule has 4 rings (SSSR count). The predicted molar refractivity (Wildman–Crippen MR) is 130 cm³/mol. The van der Waals surface area contributed by atoms with Crippen LogP contribution >= 0.6 is 23.2 Å². The first kappa shape index (κ1) is 21.9. The quantitative estimate of drug-likeness (QED) is 0.396. The minimum Gasteiger partial charge on any atom is -0.342 e. The van der Waals surface area contributed by atoms with E-state index >= 15 is 0 Å². The highest BCUT2D eigenvalue weighted by molar-refractivity contribution is 6.39. The summed E-state index contributed by atoms with van der Waals surface area (Å²) in [6, 6.07) is 22.8. The summed E-state index contributed by atoms with van der Waals surface area (Å²) in [5, 5.41) is 4.21. The fourth-order valence-electron chi connectivity index (χ4n) is 3.62. The van der Waals surface area contributed by atoms with Gasteiger partial charge in [0.15, 0.2) is 0 Å². The number of hydrogen-bond acceptors (Lipinski definition) is 2. The number of carbonyl (C=O) groups is 2. The van der Waals surface area contributed by atoms with Crippen LogP contribution in [0.4, 0.5) is 5.69 Å². The van der Waals surface area contributed by atoms with E-state index in [1.54, 1.807) is 25.2 Å². The fraction of sp³-hybridized carbons (Fsp3) is 0.120. The zero-order chi connectivity index (χ0) is 22.7. The maximum Gasteiger partial charge on any atom is 0.256 e. The van der Waals surface area contributed by atoms with Gasteiger partial charge < -0.3 is 14.8 Å². The molecule has 1 aromatic heterocycles. The minimum absolute atomic E-state index is 0.140. The summed E-state index contributed by atoms with van der Waals surface area (Å²) in [5.41, 5.74) is 2.97. The Bertz CT molecular complexity index is 1260. The average molecular weight is 466 g/mol. The van der Waals surface area contributed by atoms with E-state index in [0.29, 0.717) is 27.8 Å². The molecule has 0 atom stereocenters. The summed E-state index contributed by atoms with van der Waals surface area (Å²) < 4.78 is 2.05. The van der Waals surface area contributed by atoms with Crippen LogP contribution in [0.25, 0.3) is 10.9 Å². The number of nitrogens with zero attached hydrogens (tertiary/aromatic N) is 2. The highest BCUT2D eigenvalue weighted by atomic mass is 35.5. The van der Waals surface area contributed by atoms with Gasteiger partial charge in [-0.05, 0) is 23.8 Å². The topological polar surface area (TPSA) is 54.3 Å². The number of para-hydroxylation sites is 2. The van der Waals surface area contributed by atoms with Crippen LogP contribution in [0.2, 0.25) is 10.0 Å². The molecule has 32 heavy (non-hydrogen) atoms. The number of nitrogens with one attached hydrogen (secondary N) is 1. The van der Waals surface area contributed by atoms with E-state index in [-0.39, 0.29) is 18.4 Å². The maximum absolute atomic E-state index is 13.2. The highest BCUT2D eigenvalue weighted by Crippen LogP contribution is 2.30. The van der Waals surface area contributed by atoms with Gasteiger partial charge in [-0.1, -0.05) is 77.8 Å². The molecular formula is C25H21Cl2N3O2. The van der Waals surface area contributed by atoms with Crippen molar-refractivity contribution in [3.8, 4) is 0 Å². The summed E-state index contributed by atoms with van der Waals surface area (Å²) in [6.07, 6.45) is 1.85. The number of amides is 2. The Morgan fingerprint density at radius 2 is 1.56 bits per heavy atom. The molecule has 162 valence electrons. The summed E-state index contributed by atoms with van der Waals surface area (Å²) in [5.74, 6) is -0.628. The molecule has 0 saturated carbocycles. The van der Waals surface area contributed by atoms with Gasteiger partial charge >= 0.3 is 0 Å². The van der Waals surface area contributed by atoms with E-state index in [1.807, 2.05) is 60.8 Å². The number of benzene rings is 3. The number of aromatic nitrogens is 1. The average Bonchev–Trinajstić information content (AvgIpc) is 3.15. The molecule has 0 aliphatic carbocycles. The molecule has 0 spiro atoms. The molecule has 0 radical (unpaired) electrons. The van der Waals surface area contributed by atoms with Crippen molar-refractivity contribution < 1.29 is 9.59 Å². The third-order valence-corrected chi connectivity index (χ3v) is 5.80. The Balaban J connectivity index is 1.55. The molecule has 0 aliphatic rings. The lowest BCUT2D eigenvalue weighted by atomic mass is 10.1. The first-order chi connectivity index (χ1) is 15.4. The number of anilines is 1. The van der Waals surface area contributed by atoms with Crippen molar-refractivity contribution in [2.45, 2.75) is 6.54 Å². The SMILES string of the molecule is CN(CC(=O)Nc1c(Cl)cccc1Cl)C(=O)c1cn(Cc2ccccc2)c2ccccc12. The first-order valence-electron chi connectivity index (χ1n) is 10.0. The van der Waals surface area contributed by atoms with E-state index < -0.39 is 0 Å². The number of rotatable bonds is 6. The summed E-state index contributed by atoms with van der Waals surface area (Å²) in [7, 11) is 1.60. The van der Waals surface area contributed by atoms with Gasteiger partial charge in [0.25, 0.3) is 5.91 Å². The molecule has 0 aliphatic heterocycles. The third kappa shape index (κ3) is 4.64. The van der Waals surface area contributed by atoms with Crippen LogP contribution in [0.3, 0.4) is 0 Å². The lowest BCUT2D eigenvalue weighted by Crippen LogP contribution is -2.35. The molecule has 7 heteroatoms. The molecular weight excluding hydrogens is 445 g/mol. The van der Waals surface area contributed by atoms with E-state index in [1.165, 1.54) is 4.90 Å². The maximum atomic E-state index is 13.2. The van der Waals surface area contributed by atoms with Crippen LogP contribution in [-0.4, -0.2) is 34.9 Å². The van der Waals surface area contributed by atoms with Crippen molar-refractivity contribution in [1.82, 2.24) is 9.47 Å². The second kappa shape index (κ2) is 9.47. The van der Waals surface area contributed by atoms with E-state index in [4.69, 9.17) is 23.2 Å². The minimum atomic E-state index is -0.385. The Morgan fingerprint density at radius 1 is 0.906 bits per heavy atom. The van der Waals surface area contributed by atoms with Gasteiger partial charge in [-0.25, -0.2) is 0 Å². The normalized spacial score (nSPS) is 10.8. The number of fused-ring (bicyclic) bond motifs is 1. The second-order valence-corrected chi connectivity index (χ2v) is 8.29. The lowest BCUT2D eigenvalue weighted by molar-refractivity contribution is -0.116. The van der Waals surface area contributed by atoms with Crippen molar-refractivity contribution in [3.63, 3.8) is 0 Å². The number of halogens is 2. The van der Waals surface area contributed by atoms with Crippen LogP contribution in [0.15, 0.2) is 79.0 Å². The number of hydrogen-bond donors (Lipinski definition) is 1. The fourth-order valence-corrected chi connectivity index (χ4v) is 4.11. The van der Waals surface area contributed by atoms with Gasteiger partial charge in [-0.2, -0.15) is 0 Å². The Hall–Kier alpha value is -3.28. The number of carbonyl (C=O) groups excluding carboxylic acids is 2. The Morgan fingerprint density at radius 3 is 2.28 bits per heavy atom. The van der Waals surface area contributed by atoms with Gasteiger partial charge in [-0.3, -0.25) is 9.59 Å². The molecule has 4 aromatic rings. The molecule has 0 bridgehead atoms. The monoisotopic (exact) mass is 465 g/mol. The molecule has 3 aromatic carbocycles. The first-order valence-corrected chi connectivity index (χ1v) is 10.8. The van der Waals surface area contributed by atoms with Gasteiger partial charge in [0.05, 0.1) is 27.8 Å².